The first-order chi connectivity index (χ1) is 3.35. The van der Waals surface area contributed by atoms with Gasteiger partial charge < -0.3 is 14.9 Å². The van der Waals surface area contributed by atoms with Crippen LogP contribution in [0.15, 0.2) is 0 Å². The van der Waals surface area contributed by atoms with Gasteiger partial charge in [-0.25, -0.2) is 0 Å². The largest absolute Gasteiger partial charge is 0.394 e. The summed E-state index contributed by atoms with van der Waals surface area (Å²) in [4.78, 5) is 0. The second kappa shape index (κ2) is 9.30. The predicted octanol–water partition coefficient (Wildman–Crippen LogP) is -1.01. The van der Waals surface area contributed by atoms with Crippen molar-refractivity contribution in [2.24, 2.45) is 0 Å². The number of aliphatic hydroxyl groups excluding tert-OH is 2. The van der Waals surface area contributed by atoms with Crippen LogP contribution in [0.1, 0.15) is 0 Å². The summed E-state index contributed by atoms with van der Waals surface area (Å²) >= 11 is 0. The molecule has 0 fully saturated rings. The summed E-state index contributed by atoms with van der Waals surface area (Å²) in [6.07, 6.45) is -0.403. The van der Waals surface area contributed by atoms with Gasteiger partial charge >= 0.3 is 0 Å². The Kier molecular flexibility index (Phi) is 16.3. The first kappa shape index (κ1) is 15.8. The van der Waals surface area contributed by atoms with Gasteiger partial charge in [-0.15, -0.1) is 0 Å². The quantitative estimate of drug-likeness (QED) is 0.416. The molecule has 0 unspecified atom stereocenters. The van der Waals surface area contributed by atoms with Crippen LogP contribution in [0.4, 0.5) is 0 Å². The van der Waals surface area contributed by atoms with Gasteiger partial charge in [0.05, 0.1) is 13.2 Å². The van der Waals surface area contributed by atoms with Crippen molar-refractivity contribution < 1.29 is 14.9 Å². The molecule has 0 aromatic rings. The molecule has 0 aromatic carbocycles. The maximum absolute atomic E-state index is 8.24. The number of hydrogen-bond donors (Lipinski definition) is 2. The molecule has 0 aliphatic carbocycles. The number of ether oxygens (including phenoxy) is 1. The topological polar surface area (TPSA) is 49.7 Å². The second-order valence-corrected chi connectivity index (χ2v) is 1.22. The van der Waals surface area contributed by atoms with Gasteiger partial charge in [0.15, 0.2) is 0 Å². The Labute approximate surface area is 42.5 Å². The van der Waals surface area contributed by atoms with Crippen molar-refractivity contribution in [2.45, 2.75) is 6.10 Å². The first-order valence-electron chi connectivity index (χ1n) is 2.09. The molecule has 0 saturated carbocycles. The van der Waals surface area contributed by atoms with Crippen molar-refractivity contribution in [1.29, 1.82) is 0 Å². The number of hydrogen-bond acceptors (Lipinski definition) is 3. The molecule has 0 aliphatic heterocycles. The maximum Gasteiger partial charge on any atom is 0.103 e. The van der Waals surface area contributed by atoms with E-state index in [2.05, 4.69) is 4.74 Å². The maximum atomic E-state index is 8.24. The van der Waals surface area contributed by atoms with E-state index in [0.29, 0.717) is 0 Å². The van der Waals surface area contributed by atoms with E-state index < -0.39 is 6.10 Å². The van der Waals surface area contributed by atoms with Crippen LogP contribution in [0.25, 0.3) is 0 Å². The van der Waals surface area contributed by atoms with E-state index in [1.165, 1.54) is 7.11 Å². The van der Waals surface area contributed by atoms with Crippen molar-refractivity contribution in [3.63, 3.8) is 0 Å². The molecule has 0 amide bonds. The smallest absolute Gasteiger partial charge is 0.103 e. The van der Waals surface area contributed by atoms with Crippen molar-refractivity contribution >= 4 is 0 Å². The molecule has 0 rings (SSSR count). The summed E-state index contributed by atoms with van der Waals surface area (Å²) in [7, 11) is 1.44. The molecular formula is C4H10O3Rf2. The minimum absolute atomic E-state index is 0. The monoisotopic (exact) mass is 640 g/mol. The van der Waals surface area contributed by atoms with Crippen LogP contribution < -0.4 is 0 Å². The summed E-state index contributed by atoms with van der Waals surface area (Å²) in [5.74, 6) is 0. The summed E-state index contributed by atoms with van der Waals surface area (Å²) < 4.78 is 4.55. The third-order valence-corrected chi connectivity index (χ3v) is 0.741. The van der Waals surface area contributed by atoms with E-state index in [1.807, 2.05) is 0 Å². The molecular weight excluding hydrogens is 630 g/mol. The fourth-order valence-electron chi connectivity index (χ4n) is 0.207. The van der Waals surface area contributed by atoms with Gasteiger partial charge in [0.2, 0.25) is 0 Å². The molecule has 0 bridgehead atoms. The molecule has 0 spiro atoms. The van der Waals surface area contributed by atoms with E-state index in [1.54, 1.807) is 0 Å². The summed E-state index contributed by atoms with van der Waals surface area (Å²) in [5, 5.41) is 16.5. The van der Waals surface area contributed by atoms with Crippen LogP contribution in [-0.4, -0.2) is 36.6 Å². The summed E-state index contributed by atoms with van der Waals surface area (Å²) in [5.41, 5.74) is 0. The van der Waals surface area contributed by atoms with E-state index >= 15 is 0 Å². The SMILES string of the molecule is COC(CO)CO.[Rf].[Rf]. The van der Waals surface area contributed by atoms with Crippen LogP contribution in [-0.2, 0) is 4.74 Å². The molecule has 0 heterocycles. The zero-order valence-electron chi connectivity index (χ0n) is 5.71. The molecule has 0 aromatic heterocycles. The number of methoxy groups -OCH3 is 1. The van der Waals surface area contributed by atoms with Crippen LogP contribution in [0.5, 0.6) is 0 Å². The average molecular weight is 640 g/mol. The first-order valence-corrected chi connectivity index (χ1v) is 2.09. The minimum Gasteiger partial charge on any atom is -0.394 e. The van der Waals surface area contributed by atoms with Crippen LogP contribution >= 0.6 is 0 Å². The molecule has 0 aliphatic rings. The van der Waals surface area contributed by atoms with Crippen molar-refractivity contribution in [2.75, 3.05) is 20.3 Å². The predicted molar refractivity (Wildman–Crippen MR) is 25.0 cm³/mol. The molecule has 0 radical (unpaired) electrons. The van der Waals surface area contributed by atoms with Crippen LogP contribution in [0.2, 0.25) is 0 Å². The van der Waals surface area contributed by atoms with Gasteiger partial charge in [0.1, 0.15) is 6.10 Å². The minimum atomic E-state index is -0.403. The van der Waals surface area contributed by atoms with Crippen LogP contribution in [0.3, 0.4) is 0 Å². The summed E-state index contributed by atoms with van der Waals surface area (Å²) in [6, 6.07) is 0. The standard InChI is InChI=1S/C4H10O3.2Rf/c1-7-4(2-5)3-6;;/h4-6H,2-3H2,1H3;;. The third-order valence-electron chi connectivity index (χ3n) is 0.741. The number of aliphatic hydroxyl groups is 2. The Balaban J connectivity index is -0.000000180. The Morgan fingerprint density at radius 2 is 1.56 bits per heavy atom. The van der Waals surface area contributed by atoms with Crippen molar-refractivity contribution in [3.8, 4) is 0 Å². The van der Waals surface area contributed by atoms with Gasteiger partial charge in [-0.05, 0) is 0 Å². The summed E-state index contributed by atoms with van der Waals surface area (Å²) in [6.45, 7) is -0.236. The molecule has 2 N–H and O–H groups in total. The van der Waals surface area contributed by atoms with Gasteiger partial charge in [0, 0.05) is 7.11 Å². The Morgan fingerprint density at radius 3 is 1.56 bits per heavy atom. The Hall–Kier alpha value is -2.12. The number of rotatable bonds is 3. The Bertz CT molecular complexity index is 35.3. The van der Waals surface area contributed by atoms with Crippen molar-refractivity contribution in [3.05, 3.63) is 0 Å². The molecule has 0 saturated heterocycles. The zero-order valence-corrected chi connectivity index (χ0v) is 18.5. The van der Waals surface area contributed by atoms with E-state index in [9.17, 15) is 0 Å². The van der Waals surface area contributed by atoms with Gasteiger partial charge in [-0.1, -0.05) is 0 Å². The van der Waals surface area contributed by atoms with E-state index in [-0.39, 0.29) is 13.2 Å². The molecule has 9 heavy (non-hydrogen) atoms. The molecule has 5 heteroatoms. The molecule has 48 valence electrons. The van der Waals surface area contributed by atoms with E-state index in [4.69, 9.17) is 10.2 Å². The van der Waals surface area contributed by atoms with Crippen molar-refractivity contribution in [1.82, 2.24) is 0 Å². The van der Waals surface area contributed by atoms with E-state index in [0.717, 1.165) is 0 Å². The van der Waals surface area contributed by atoms with Crippen LogP contribution in [0, 0.1) is 0 Å². The average Bonchev–Trinajstić information content (AvgIpc) is 1.72. The third kappa shape index (κ3) is 5.88. The second-order valence-electron chi connectivity index (χ2n) is 1.22. The molecule has 3 nitrogen and oxygen atoms in total. The zero-order chi connectivity index (χ0) is 5.70. The fourth-order valence-corrected chi connectivity index (χ4v) is 0.207. The normalized spacial score (nSPS) is 8.00. The van der Waals surface area contributed by atoms with Gasteiger partial charge in [0.25, 0.3) is 0 Å². The Morgan fingerprint density at radius 1 is 1.22 bits per heavy atom. The van der Waals surface area contributed by atoms with Gasteiger partial charge in [-0.3, -0.25) is 0 Å². The van der Waals surface area contributed by atoms with Gasteiger partial charge in [-0.2, -0.15) is 0 Å². The molecule has 0 atom stereocenters. The fraction of sp³-hybridized carbons (Fsp3) is 1.00.